The third-order valence-corrected chi connectivity index (χ3v) is 4.52. The fraction of sp³-hybridized carbons (Fsp3) is 0.500. The number of benzene rings is 1. The third kappa shape index (κ3) is 4.73. The highest BCUT2D eigenvalue weighted by Gasteiger charge is 2.06. The zero-order valence-electron chi connectivity index (χ0n) is 11.1. The summed E-state index contributed by atoms with van der Waals surface area (Å²) in [6.45, 7) is 2.06. The zero-order chi connectivity index (χ0) is 13.5. The number of hydrogen-bond donors (Lipinski definition) is 1. The molecule has 0 radical (unpaired) electrons. The van der Waals surface area contributed by atoms with Gasteiger partial charge in [0.05, 0.1) is 17.8 Å². The van der Waals surface area contributed by atoms with Crippen LogP contribution in [-0.2, 0) is 0 Å². The number of amidine groups is 1. The molecule has 19 heavy (non-hydrogen) atoms. The number of rotatable bonds is 6. The van der Waals surface area contributed by atoms with Crippen molar-refractivity contribution in [2.75, 3.05) is 26.0 Å². The highest BCUT2D eigenvalue weighted by molar-refractivity contribution is 9.10. The Morgan fingerprint density at radius 2 is 2.37 bits per heavy atom. The summed E-state index contributed by atoms with van der Waals surface area (Å²) in [5, 5.41) is 3.36. The Hall–Kier alpha value is -0.680. The van der Waals surface area contributed by atoms with Gasteiger partial charge in [-0.1, -0.05) is 15.9 Å². The lowest BCUT2D eigenvalue weighted by atomic mass is 10.2. The lowest BCUT2D eigenvalue weighted by Crippen LogP contribution is -2.29. The average Bonchev–Trinajstić information content (AvgIpc) is 2.45. The van der Waals surface area contributed by atoms with E-state index in [1.807, 2.05) is 23.9 Å². The molecule has 0 spiro atoms. The number of thioether (sulfide) groups is 1. The molecule has 0 saturated carbocycles. The fourth-order valence-corrected chi connectivity index (χ4v) is 3.46. The van der Waals surface area contributed by atoms with Gasteiger partial charge in [-0.05, 0) is 36.8 Å². The maximum Gasteiger partial charge on any atom is 0.132 e. The molecular formula is C14H19BrN2OS. The quantitative estimate of drug-likeness (QED) is 0.631. The number of aliphatic imine (C=N–C) groups is 1. The van der Waals surface area contributed by atoms with Crippen LogP contribution in [0.2, 0.25) is 0 Å². The van der Waals surface area contributed by atoms with Crippen LogP contribution < -0.4 is 10.1 Å². The van der Waals surface area contributed by atoms with Crippen molar-refractivity contribution in [3.05, 3.63) is 22.7 Å². The van der Waals surface area contributed by atoms with Crippen LogP contribution >= 0.6 is 27.7 Å². The van der Waals surface area contributed by atoms with Gasteiger partial charge in [-0.3, -0.25) is 4.99 Å². The van der Waals surface area contributed by atoms with E-state index in [4.69, 9.17) is 4.74 Å². The first-order chi connectivity index (χ1) is 9.29. The molecule has 3 nitrogen and oxygen atoms in total. The molecule has 5 heteroatoms. The monoisotopic (exact) mass is 342 g/mol. The van der Waals surface area contributed by atoms with Crippen LogP contribution in [0.5, 0.6) is 5.75 Å². The molecule has 0 aliphatic carbocycles. The summed E-state index contributed by atoms with van der Waals surface area (Å²) in [5.41, 5.74) is 0. The predicted octanol–water partition coefficient (Wildman–Crippen LogP) is 3.72. The van der Waals surface area contributed by atoms with E-state index in [1.54, 1.807) is 7.11 Å². The van der Waals surface area contributed by atoms with E-state index in [-0.39, 0.29) is 0 Å². The number of halogens is 1. The maximum atomic E-state index is 5.37. The minimum Gasteiger partial charge on any atom is -0.496 e. The summed E-state index contributed by atoms with van der Waals surface area (Å²) in [6, 6.07) is 6.11. The Balaban J connectivity index is 1.79. The van der Waals surface area contributed by atoms with Gasteiger partial charge in [-0.25, -0.2) is 0 Å². The molecule has 1 N–H and O–H groups in total. The third-order valence-electron chi connectivity index (χ3n) is 2.91. The molecular weight excluding hydrogens is 324 g/mol. The van der Waals surface area contributed by atoms with Crippen LogP contribution in [0.4, 0.5) is 0 Å². The van der Waals surface area contributed by atoms with Crippen LogP contribution in [0.15, 0.2) is 32.6 Å². The SMILES string of the molecule is COc1ccc(Br)cc1SCCCC1=NCCCN1. The van der Waals surface area contributed by atoms with Crippen LogP contribution in [0.1, 0.15) is 19.3 Å². The topological polar surface area (TPSA) is 33.6 Å². The molecule has 0 atom stereocenters. The summed E-state index contributed by atoms with van der Waals surface area (Å²) in [7, 11) is 1.72. The molecule has 0 unspecified atom stereocenters. The predicted molar refractivity (Wildman–Crippen MR) is 85.6 cm³/mol. The molecule has 1 aliphatic rings. The van der Waals surface area contributed by atoms with E-state index in [0.717, 1.165) is 48.3 Å². The van der Waals surface area contributed by atoms with Crippen molar-refractivity contribution in [3.8, 4) is 5.75 Å². The van der Waals surface area contributed by atoms with Gasteiger partial charge in [-0.15, -0.1) is 11.8 Å². The first-order valence-corrected chi connectivity index (χ1v) is 8.31. The average molecular weight is 343 g/mol. The van der Waals surface area contributed by atoms with Gasteiger partial charge in [-0.2, -0.15) is 0 Å². The summed E-state index contributed by atoms with van der Waals surface area (Å²) < 4.78 is 6.46. The van der Waals surface area contributed by atoms with Crippen LogP contribution in [0.25, 0.3) is 0 Å². The molecule has 0 aromatic heterocycles. The first kappa shape index (κ1) is 14.7. The molecule has 1 aromatic rings. The standard InChI is InChI=1S/C14H19BrN2OS/c1-18-12-6-5-11(15)10-13(12)19-9-2-4-14-16-7-3-8-17-14/h5-6,10H,2-4,7-9H2,1H3,(H,16,17). The molecule has 0 amide bonds. The number of methoxy groups -OCH3 is 1. The van der Waals surface area contributed by atoms with E-state index in [0.29, 0.717) is 0 Å². The van der Waals surface area contributed by atoms with E-state index in [1.165, 1.54) is 10.7 Å². The van der Waals surface area contributed by atoms with Gasteiger partial charge in [0.15, 0.2) is 0 Å². The lowest BCUT2D eigenvalue weighted by Gasteiger charge is -2.14. The number of nitrogens with one attached hydrogen (secondary N) is 1. The van der Waals surface area contributed by atoms with Crippen LogP contribution in [0.3, 0.4) is 0 Å². The smallest absolute Gasteiger partial charge is 0.132 e. The molecule has 1 heterocycles. The Kier molecular flexibility index (Phi) is 6.04. The second kappa shape index (κ2) is 7.80. The summed E-state index contributed by atoms with van der Waals surface area (Å²) >= 11 is 5.34. The zero-order valence-corrected chi connectivity index (χ0v) is 13.5. The van der Waals surface area contributed by atoms with Gasteiger partial charge in [0.1, 0.15) is 5.75 Å². The van der Waals surface area contributed by atoms with Crippen LogP contribution in [-0.4, -0.2) is 31.8 Å². The molecule has 0 bridgehead atoms. The Morgan fingerprint density at radius 1 is 1.47 bits per heavy atom. The van der Waals surface area contributed by atoms with Gasteiger partial charge < -0.3 is 10.1 Å². The van der Waals surface area contributed by atoms with Gasteiger partial charge in [0.2, 0.25) is 0 Å². The van der Waals surface area contributed by atoms with Gasteiger partial charge >= 0.3 is 0 Å². The largest absolute Gasteiger partial charge is 0.496 e. The van der Waals surface area contributed by atoms with E-state index >= 15 is 0 Å². The number of hydrogen-bond acceptors (Lipinski definition) is 4. The minimum absolute atomic E-state index is 0.946. The molecule has 1 aromatic carbocycles. The summed E-state index contributed by atoms with van der Waals surface area (Å²) in [4.78, 5) is 5.68. The Labute approximate surface area is 127 Å². The lowest BCUT2D eigenvalue weighted by molar-refractivity contribution is 0.404. The van der Waals surface area contributed by atoms with E-state index in [2.05, 4.69) is 32.3 Å². The highest BCUT2D eigenvalue weighted by Crippen LogP contribution is 2.32. The van der Waals surface area contributed by atoms with Gasteiger partial charge in [0, 0.05) is 24.0 Å². The van der Waals surface area contributed by atoms with Crippen molar-refractivity contribution in [1.29, 1.82) is 0 Å². The molecule has 104 valence electrons. The van der Waals surface area contributed by atoms with Crippen LogP contribution in [0, 0.1) is 0 Å². The Bertz CT molecular complexity index is 451. The molecule has 0 saturated heterocycles. The second-order valence-corrected chi connectivity index (χ2v) is 6.41. The fourth-order valence-electron chi connectivity index (χ4n) is 1.93. The van der Waals surface area contributed by atoms with Gasteiger partial charge in [0.25, 0.3) is 0 Å². The minimum atomic E-state index is 0.946. The summed E-state index contributed by atoms with van der Waals surface area (Å²) in [6.07, 6.45) is 3.34. The van der Waals surface area contributed by atoms with E-state index in [9.17, 15) is 0 Å². The summed E-state index contributed by atoms with van der Waals surface area (Å²) in [5.74, 6) is 3.20. The normalized spacial score (nSPS) is 14.7. The van der Waals surface area contributed by atoms with Crippen molar-refractivity contribution in [2.24, 2.45) is 4.99 Å². The van der Waals surface area contributed by atoms with Crippen molar-refractivity contribution in [3.63, 3.8) is 0 Å². The number of nitrogens with zero attached hydrogens (tertiary/aromatic N) is 1. The van der Waals surface area contributed by atoms with Crippen molar-refractivity contribution >= 4 is 33.5 Å². The maximum absolute atomic E-state index is 5.37. The molecule has 1 aliphatic heterocycles. The Morgan fingerprint density at radius 3 is 3.11 bits per heavy atom. The highest BCUT2D eigenvalue weighted by atomic mass is 79.9. The second-order valence-electron chi connectivity index (χ2n) is 4.36. The molecule has 0 fully saturated rings. The van der Waals surface area contributed by atoms with E-state index < -0.39 is 0 Å². The molecule has 2 rings (SSSR count). The van der Waals surface area contributed by atoms with Crippen molar-refractivity contribution < 1.29 is 4.74 Å². The number of ether oxygens (including phenoxy) is 1. The van der Waals surface area contributed by atoms with Crippen molar-refractivity contribution in [2.45, 2.75) is 24.2 Å². The van der Waals surface area contributed by atoms with Crippen molar-refractivity contribution in [1.82, 2.24) is 5.32 Å². The first-order valence-electron chi connectivity index (χ1n) is 6.53.